The maximum absolute atomic E-state index is 13.2. The van der Waals surface area contributed by atoms with Crippen molar-refractivity contribution in [2.45, 2.75) is 31.7 Å². The van der Waals surface area contributed by atoms with E-state index in [9.17, 15) is 9.59 Å². The molecule has 3 aromatic heterocycles. The van der Waals surface area contributed by atoms with Gasteiger partial charge in [0.2, 0.25) is 11.7 Å². The summed E-state index contributed by atoms with van der Waals surface area (Å²) in [6.45, 7) is 1.66. The Labute approximate surface area is 183 Å². The number of hydrogen-bond acceptors (Lipinski definition) is 6. The third-order valence-electron chi connectivity index (χ3n) is 5.60. The number of nitrogens with zero attached hydrogens (tertiary/aromatic N) is 5. The maximum Gasteiger partial charge on any atom is 0.267 e. The van der Waals surface area contributed by atoms with Crippen molar-refractivity contribution < 1.29 is 9.53 Å². The molecule has 1 aliphatic carbocycles. The van der Waals surface area contributed by atoms with Gasteiger partial charge in [0.05, 0.1) is 12.8 Å². The van der Waals surface area contributed by atoms with Crippen molar-refractivity contribution in [3.05, 3.63) is 70.9 Å². The van der Waals surface area contributed by atoms with Crippen molar-refractivity contribution in [2.75, 3.05) is 12.4 Å². The van der Waals surface area contributed by atoms with E-state index in [2.05, 4.69) is 20.4 Å². The predicted molar refractivity (Wildman–Crippen MR) is 119 cm³/mol. The number of carbonyl (C=O) groups is 1. The molecule has 1 fully saturated rings. The lowest BCUT2D eigenvalue weighted by atomic mass is 10.1. The highest BCUT2D eigenvalue weighted by Gasteiger charge is 2.27. The maximum atomic E-state index is 13.2. The number of benzene rings is 1. The summed E-state index contributed by atoms with van der Waals surface area (Å²) >= 11 is 0. The number of nitrogens with one attached hydrogen (secondary N) is 1. The van der Waals surface area contributed by atoms with Crippen LogP contribution in [0.25, 0.3) is 17.0 Å². The van der Waals surface area contributed by atoms with Crippen LogP contribution in [0.4, 0.5) is 5.82 Å². The van der Waals surface area contributed by atoms with Crippen LogP contribution in [0, 0.1) is 0 Å². The zero-order valence-corrected chi connectivity index (χ0v) is 17.7. The Balaban J connectivity index is 1.51. The van der Waals surface area contributed by atoms with Crippen LogP contribution in [0.2, 0.25) is 0 Å². The van der Waals surface area contributed by atoms with Crippen molar-refractivity contribution >= 4 is 17.5 Å². The second-order valence-corrected chi connectivity index (χ2v) is 7.81. The average Bonchev–Trinajstić information content (AvgIpc) is 3.61. The molecule has 1 aliphatic rings. The lowest BCUT2D eigenvalue weighted by Crippen LogP contribution is -2.33. The summed E-state index contributed by atoms with van der Waals surface area (Å²) < 4.78 is 8.19. The minimum atomic E-state index is -0.799. The number of imidazole rings is 1. The topological polar surface area (TPSA) is 103 Å². The molecular weight excluding hydrogens is 408 g/mol. The highest BCUT2D eigenvalue weighted by Crippen LogP contribution is 2.38. The Kier molecular flexibility index (Phi) is 4.93. The number of fused-ring (bicyclic) bond motifs is 1. The molecular formula is C23H22N6O3. The summed E-state index contributed by atoms with van der Waals surface area (Å²) in [6, 6.07) is 11.6. The molecule has 0 radical (unpaired) electrons. The first-order valence-corrected chi connectivity index (χ1v) is 10.4. The molecule has 5 rings (SSSR count). The summed E-state index contributed by atoms with van der Waals surface area (Å²) in [5, 5.41) is 7.38. The van der Waals surface area contributed by atoms with E-state index in [1.807, 2.05) is 24.3 Å². The fraction of sp³-hybridized carbons (Fsp3) is 0.261. The first-order chi connectivity index (χ1) is 15.5. The molecule has 1 atom stereocenters. The van der Waals surface area contributed by atoms with Gasteiger partial charge in [-0.2, -0.15) is 5.10 Å². The summed E-state index contributed by atoms with van der Waals surface area (Å²) in [4.78, 5) is 34.5. The van der Waals surface area contributed by atoms with Gasteiger partial charge in [-0.25, -0.2) is 14.6 Å². The van der Waals surface area contributed by atoms with Crippen LogP contribution < -0.4 is 15.6 Å². The lowest BCUT2D eigenvalue weighted by molar-refractivity contribution is -0.119. The predicted octanol–water partition coefficient (Wildman–Crippen LogP) is 3.04. The molecule has 1 N–H and O–H groups in total. The zero-order valence-electron chi connectivity index (χ0n) is 17.7. The summed E-state index contributed by atoms with van der Waals surface area (Å²) in [6.07, 6.45) is 5.54. The molecule has 1 unspecified atom stereocenters. The standard InChI is InChI=1S/C23H22N6O3/c1-14(29-19(30)11-10-18(27-29)15-4-5-15)22(31)26-21-20(16-6-8-17(32-2)9-7-16)25-23-24-12-3-13-28(21)23/h3,6-15H,4-5H2,1-2H3,(H,26,31). The molecule has 3 heterocycles. The van der Waals surface area contributed by atoms with Gasteiger partial charge in [0.15, 0.2) is 0 Å². The van der Waals surface area contributed by atoms with Crippen LogP contribution >= 0.6 is 0 Å². The monoisotopic (exact) mass is 430 g/mol. The quantitative estimate of drug-likeness (QED) is 0.504. The molecule has 1 saturated carbocycles. The lowest BCUT2D eigenvalue weighted by Gasteiger charge is -2.15. The first-order valence-electron chi connectivity index (χ1n) is 10.4. The summed E-state index contributed by atoms with van der Waals surface area (Å²) in [5.74, 6) is 1.65. The first kappa shape index (κ1) is 19.9. The minimum Gasteiger partial charge on any atom is -0.497 e. The number of rotatable bonds is 6. The zero-order chi connectivity index (χ0) is 22.2. The van der Waals surface area contributed by atoms with E-state index in [-0.39, 0.29) is 11.5 Å². The van der Waals surface area contributed by atoms with Gasteiger partial charge in [-0.05, 0) is 56.2 Å². The van der Waals surface area contributed by atoms with E-state index in [1.165, 1.54) is 10.7 Å². The van der Waals surface area contributed by atoms with Gasteiger partial charge in [0.1, 0.15) is 23.3 Å². The summed E-state index contributed by atoms with van der Waals surface area (Å²) in [7, 11) is 1.60. The SMILES string of the molecule is COc1ccc(-c2nc3ncccn3c2NC(=O)C(C)n2nc(C3CC3)ccc2=O)cc1. The van der Waals surface area contributed by atoms with Gasteiger partial charge in [0, 0.05) is 29.9 Å². The number of carbonyl (C=O) groups excluding carboxylic acids is 1. The van der Waals surface area contributed by atoms with E-state index < -0.39 is 6.04 Å². The largest absolute Gasteiger partial charge is 0.497 e. The van der Waals surface area contributed by atoms with E-state index >= 15 is 0 Å². The number of ether oxygens (including phenoxy) is 1. The molecule has 0 aliphatic heterocycles. The number of amides is 1. The third-order valence-corrected chi connectivity index (χ3v) is 5.60. The van der Waals surface area contributed by atoms with Crippen LogP contribution in [0.1, 0.15) is 37.4 Å². The fourth-order valence-corrected chi connectivity index (χ4v) is 3.60. The van der Waals surface area contributed by atoms with Crippen molar-refractivity contribution in [1.82, 2.24) is 24.1 Å². The Morgan fingerprint density at radius 1 is 1.19 bits per heavy atom. The number of anilines is 1. The van der Waals surface area contributed by atoms with Crippen LogP contribution in [-0.2, 0) is 4.79 Å². The van der Waals surface area contributed by atoms with Crippen LogP contribution in [-0.4, -0.2) is 37.2 Å². The van der Waals surface area contributed by atoms with Gasteiger partial charge < -0.3 is 10.1 Å². The number of hydrogen-bond donors (Lipinski definition) is 1. The molecule has 9 nitrogen and oxygen atoms in total. The van der Waals surface area contributed by atoms with Crippen molar-refractivity contribution in [3.63, 3.8) is 0 Å². The van der Waals surface area contributed by atoms with Crippen LogP contribution in [0.5, 0.6) is 5.75 Å². The van der Waals surface area contributed by atoms with E-state index in [0.717, 1.165) is 29.8 Å². The Morgan fingerprint density at radius 3 is 2.69 bits per heavy atom. The Hall–Kier alpha value is -4.01. The number of aromatic nitrogens is 5. The Bertz CT molecular complexity index is 1350. The van der Waals surface area contributed by atoms with E-state index in [4.69, 9.17) is 4.74 Å². The van der Waals surface area contributed by atoms with Gasteiger partial charge in [-0.15, -0.1) is 0 Å². The molecule has 0 spiro atoms. The average molecular weight is 430 g/mol. The molecule has 32 heavy (non-hydrogen) atoms. The van der Waals surface area contributed by atoms with Gasteiger partial charge in [0.25, 0.3) is 5.56 Å². The molecule has 0 saturated heterocycles. The van der Waals surface area contributed by atoms with E-state index in [1.54, 1.807) is 43.0 Å². The smallest absolute Gasteiger partial charge is 0.267 e. The van der Waals surface area contributed by atoms with Crippen molar-refractivity contribution in [3.8, 4) is 17.0 Å². The van der Waals surface area contributed by atoms with Crippen molar-refractivity contribution in [1.29, 1.82) is 0 Å². The fourth-order valence-electron chi connectivity index (χ4n) is 3.60. The molecule has 4 aromatic rings. The minimum absolute atomic E-state index is 0.313. The second-order valence-electron chi connectivity index (χ2n) is 7.81. The Morgan fingerprint density at radius 2 is 1.97 bits per heavy atom. The number of methoxy groups -OCH3 is 1. The van der Waals surface area contributed by atoms with Crippen molar-refractivity contribution in [2.24, 2.45) is 0 Å². The van der Waals surface area contributed by atoms with Gasteiger partial charge in [-0.3, -0.25) is 14.0 Å². The second kappa shape index (κ2) is 7.92. The van der Waals surface area contributed by atoms with Crippen LogP contribution in [0.15, 0.2) is 59.7 Å². The highest BCUT2D eigenvalue weighted by atomic mass is 16.5. The molecule has 0 bridgehead atoms. The third kappa shape index (κ3) is 3.62. The molecule has 1 aromatic carbocycles. The van der Waals surface area contributed by atoms with E-state index in [0.29, 0.717) is 23.2 Å². The van der Waals surface area contributed by atoms with Gasteiger partial charge in [-0.1, -0.05) is 0 Å². The molecule has 1 amide bonds. The van der Waals surface area contributed by atoms with Gasteiger partial charge >= 0.3 is 0 Å². The molecule has 162 valence electrons. The summed E-state index contributed by atoms with van der Waals surface area (Å²) in [5.41, 5.74) is 1.90. The van der Waals surface area contributed by atoms with Crippen LogP contribution in [0.3, 0.4) is 0 Å². The highest BCUT2D eigenvalue weighted by molar-refractivity contribution is 5.96. The molecule has 9 heteroatoms. The normalized spacial score (nSPS) is 14.3.